The van der Waals surface area contributed by atoms with Crippen LogP contribution in [0.5, 0.6) is 0 Å². The summed E-state index contributed by atoms with van der Waals surface area (Å²) >= 11 is -2.50. The Labute approximate surface area is 127 Å². The Morgan fingerprint density at radius 2 is 1.40 bits per heavy atom. The highest BCUT2D eigenvalue weighted by Crippen LogP contribution is 2.19. The van der Waals surface area contributed by atoms with Crippen molar-refractivity contribution in [2.75, 3.05) is 35.5 Å². The summed E-state index contributed by atoms with van der Waals surface area (Å²) < 4.78 is 41.5. The smallest absolute Gasteiger partial charge is 0.457 e. The van der Waals surface area contributed by atoms with Crippen LogP contribution in [0.2, 0.25) is 0 Å². The molecule has 0 heterocycles. The van der Waals surface area contributed by atoms with Crippen LogP contribution in [0.15, 0.2) is 0 Å². The molecule has 0 amide bonds. The summed E-state index contributed by atoms with van der Waals surface area (Å²) in [5.74, 6) is 0. The lowest BCUT2D eigenvalue weighted by Gasteiger charge is -2.32. The highest BCUT2D eigenvalue weighted by molar-refractivity contribution is 6.71. The molecule has 0 fully saturated rings. The molecule has 0 aliphatic heterocycles. The van der Waals surface area contributed by atoms with E-state index in [9.17, 15) is 4.80 Å². The third-order valence-corrected chi connectivity index (χ3v) is 9.03. The molecule has 12 heteroatoms. The monoisotopic (exact) mass is 346 g/mol. The Kier molecular flexibility index (Phi) is 9.88. The SMILES string of the molecule is C[O][Al]([O]C)[O][Si](OC)(OC)O[Si@](O)(OC)OC(C)C. The fourth-order valence-corrected chi connectivity index (χ4v) is 7.78. The van der Waals surface area contributed by atoms with Gasteiger partial charge in [-0.2, -0.15) is 0 Å². The topological polar surface area (TPSA) is 94.1 Å². The molecule has 0 aromatic rings. The van der Waals surface area contributed by atoms with E-state index in [-0.39, 0.29) is 6.10 Å². The quantitative estimate of drug-likeness (QED) is 0.498. The lowest BCUT2D eigenvalue weighted by molar-refractivity contribution is -0.0311. The molecule has 0 saturated carbocycles. The molecule has 0 aliphatic rings. The average molecular weight is 346 g/mol. The molecule has 0 aromatic heterocycles. The van der Waals surface area contributed by atoms with Crippen molar-refractivity contribution in [1.29, 1.82) is 0 Å². The number of rotatable bonds is 11. The summed E-state index contributed by atoms with van der Waals surface area (Å²) in [5.41, 5.74) is 0. The first kappa shape index (κ1) is 20.6. The van der Waals surface area contributed by atoms with Crippen LogP contribution in [0.4, 0.5) is 0 Å². The van der Waals surface area contributed by atoms with Gasteiger partial charge in [0, 0.05) is 41.7 Å². The minimum absolute atomic E-state index is 0.315. The normalized spacial score (nSPS) is 15.4. The first-order valence-corrected chi connectivity index (χ1v) is 10.5. The molecule has 9 nitrogen and oxygen atoms in total. The van der Waals surface area contributed by atoms with Crippen molar-refractivity contribution in [3.05, 3.63) is 0 Å². The first-order chi connectivity index (χ1) is 9.30. The van der Waals surface area contributed by atoms with Crippen molar-refractivity contribution in [3.63, 3.8) is 0 Å². The van der Waals surface area contributed by atoms with Crippen LogP contribution >= 0.6 is 0 Å². The molecular weight excluding hydrogens is 323 g/mol. The fourth-order valence-electron chi connectivity index (χ4n) is 1.17. The molecule has 0 spiro atoms. The summed E-state index contributed by atoms with van der Waals surface area (Å²) in [7, 11) is -0.888. The highest BCUT2D eigenvalue weighted by Gasteiger charge is 2.59. The molecule has 20 heavy (non-hydrogen) atoms. The third kappa shape index (κ3) is 6.58. The van der Waals surface area contributed by atoms with Gasteiger partial charge in [-0.3, -0.25) is 0 Å². The maximum absolute atomic E-state index is 10.2. The van der Waals surface area contributed by atoms with Gasteiger partial charge in [0.1, 0.15) is 0 Å². The Morgan fingerprint density at radius 1 is 0.900 bits per heavy atom. The van der Waals surface area contributed by atoms with E-state index < -0.39 is 33.2 Å². The van der Waals surface area contributed by atoms with Crippen molar-refractivity contribution in [3.8, 4) is 0 Å². The Balaban J connectivity index is 5.05. The Hall–Kier alpha value is 0.606. The van der Waals surface area contributed by atoms with E-state index >= 15 is 0 Å². The van der Waals surface area contributed by atoms with Crippen molar-refractivity contribution in [2.24, 2.45) is 0 Å². The van der Waals surface area contributed by atoms with E-state index in [1.807, 2.05) is 0 Å². The fraction of sp³-hybridized carbons (Fsp3) is 1.00. The minimum atomic E-state index is -3.96. The van der Waals surface area contributed by atoms with Crippen molar-refractivity contribution >= 4 is 33.2 Å². The van der Waals surface area contributed by atoms with Gasteiger partial charge in [-0.25, -0.2) is 0 Å². The van der Waals surface area contributed by atoms with Gasteiger partial charge in [-0.1, -0.05) is 0 Å². The molecule has 0 rings (SSSR count). The summed E-state index contributed by atoms with van der Waals surface area (Å²) in [6.45, 7) is 3.46. The standard InChI is InChI=1S/C6H17O7Si2.2CH3O.Al/c1-6(2)12-15(8,11-5)13-14(7,9-3)10-4;2*1-2;/h6,8H,1-5H3;2*1H3;/q3*-1;+3/t15-;;;/m1.../s1. The average Bonchev–Trinajstić information content (AvgIpc) is 2.42. The van der Waals surface area contributed by atoms with E-state index in [2.05, 4.69) is 0 Å². The van der Waals surface area contributed by atoms with Crippen LogP contribution in [0.3, 0.4) is 0 Å². The maximum Gasteiger partial charge on any atom is 0.898 e. The van der Waals surface area contributed by atoms with Crippen LogP contribution in [-0.4, -0.2) is 79.7 Å². The highest BCUT2D eigenvalue weighted by atomic mass is 28.5. The van der Waals surface area contributed by atoms with Gasteiger partial charge < -0.3 is 37.7 Å². The van der Waals surface area contributed by atoms with E-state index in [1.54, 1.807) is 13.8 Å². The number of hydrogen-bond acceptors (Lipinski definition) is 9. The van der Waals surface area contributed by atoms with Crippen LogP contribution in [0, 0.1) is 0 Å². The van der Waals surface area contributed by atoms with Crippen LogP contribution in [-0.2, 0) is 32.9 Å². The van der Waals surface area contributed by atoms with Gasteiger partial charge in [0.05, 0.1) is 0 Å². The largest absolute Gasteiger partial charge is 0.898 e. The minimum Gasteiger partial charge on any atom is -0.457 e. The van der Waals surface area contributed by atoms with E-state index in [1.165, 1.54) is 35.5 Å². The second kappa shape index (κ2) is 9.59. The lowest BCUT2D eigenvalue weighted by Crippen LogP contribution is -2.62. The van der Waals surface area contributed by atoms with Gasteiger partial charge in [0.15, 0.2) is 0 Å². The van der Waals surface area contributed by atoms with Crippen molar-refractivity contribution in [2.45, 2.75) is 20.0 Å². The van der Waals surface area contributed by atoms with E-state index in [0.29, 0.717) is 0 Å². The van der Waals surface area contributed by atoms with E-state index in [0.717, 1.165) is 0 Å². The Bertz CT molecular complexity index is 264. The zero-order chi connectivity index (χ0) is 15.8. The molecular formula is C8H23AlO9Si2. The zero-order valence-corrected chi connectivity index (χ0v) is 16.0. The molecule has 0 bridgehead atoms. The first-order valence-electron chi connectivity index (χ1n) is 5.79. The summed E-state index contributed by atoms with van der Waals surface area (Å²) in [5, 5.41) is 0. The second-order valence-corrected chi connectivity index (χ2v) is 10.6. The number of hydrogen-bond donors (Lipinski definition) is 1. The van der Waals surface area contributed by atoms with Gasteiger partial charge in [-0.15, -0.1) is 0 Å². The third-order valence-electron chi connectivity index (χ3n) is 2.02. The van der Waals surface area contributed by atoms with Crippen LogP contribution in [0.25, 0.3) is 0 Å². The van der Waals surface area contributed by atoms with Crippen molar-refractivity contribution in [1.82, 2.24) is 0 Å². The lowest BCUT2D eigenvalue weighted by atomic mass is 10.5. The van der Waals surface area contributed by atoms with Gasteiger partial charge in [0.2, 0.25) is 0 Å². The molecule has 0 unspecified atom stereocenters. The second-order valence-electron chi connectivity index (χ2n) is 3.78. The zero-order valence-electron chi connectivity index (χ0n) is 12.9. The molecule has 0 saturated heterocycles. The molecule has 1 N–H and O–H groups in total. The molecule has 1 atom stereocenters. The van der Waals surface area contributed by atoms with Crippen LogP contribution in [0.1, 0.15) is 13.8 Å². The summed E-state index contributed by atoms with van der Waals surface area (Å²) in [6, 6.07) is 0. The van der Waals surface area contributed by atoms with Gasteiger partial charge >= 0.3 is 33.2 Å². The molecule has 0 radical (unpaired) electrons. The van der Waals surface area contributed by atoms with Gasteiger partial charge in [-0.05, 0) is 13.8 Å². The predicted octanol–water partition coefficient (Wildman–Crippen LogP) is -0.475. The van der Waals surface area contributed by atoms with Crippen LogP contribution < -0.4 is 0 Å². The molecule has 120 valence electrons. The summed E-state index contributed by atoms with van der Waals surface area (Å²) in [6.07, 6.45) is -0.315. The predicted molar refractivity (Wildman–Crippen MR) is 72.9 cm³/mol. The molecule has 0 aromatic carbocycles. The summed E-state index contributed by atoms with van der Waals surface area (Å²) in [4.78, 5) is 10.2. The maximum atomic E-state index is 10.2. The molecule has 0 aliphatic carbocycles. The van der Waals surface area contributed by atoms with Crippen molar-refractivity contribution < 1.29 is 37.7 Å². The Morgan fingerprint density at radius 3 is 1.70 bits per heavy atom. The van der Waals surface area contributed by atoms with Gasteiger partial charge in [0.25, 0.3) is 0 Å². The van der Waals surface area contributed by atoms with E-state index in [4.69, 9.17) is 32.9 Å².